The molecule has 0 radical (unpaired) electrons. The third-order valence-corrected chi connectivity index (χ3v) is 9.51. The standard InChI is InChI=1S/C29H39N5/c1-5-23-18-31-24(17-26(23)27(9-1)33-16-15-32-13-4-8-25(32)20-33)19-34-14-3-7-22-11-10-21-6-2-12-30-28(21)29(22)34/h1-2,5-6,9,12,22,24-25,29,31H,3-4,7-8,10-11,13-20H2/t22-,24+,25+,29+/m0/s1. The second-order valence-electron chi connectivity index (χ2n) is 11.4. The van der Waals surface area contributed by atoms with Crippen LogP contribution in [0.15, 0.2) is 36.5 Å². The van der Waals surface area contributed by atoms with Crippen molar-refractivity contribution >= 4 is 5.69 Å². The van der Waals surface area contributed by atoms with Crippen LogP contribution in [0, 0.1) is 5.92 Å². The highest BCUT2D eigenvalue weighted by molar-refractivity contribution is 5.58. The van der Waals surface area contributed by atoms with Gasteiger partial charge < -0.3 is 10.2 Å². The Balaban J connectivity index is 1.11. The lowest BCUT2D eigenvalue weighted by molar-refractivity contribution is 0.0661. The summed E-state index contributed by atoms with van der Waals surface area (Å²) in [5, 5.41) is 3.92. The SMILES string of the molecule is c1cnc2c(c1)CC[C@@H]1CCCN(C[C@H]3Cc4c(cccc4N4CCN5CCC[C@@H]5C4)CN3)[C@@H]21. The number of nitrogens with zero attached hydrogens (tertiary/aromatic N) is 4. The number of nitrogens with one attached hydrogen (secondary N) is 1. The molecule has 3 fully saturated rings. The van der Waals surface area contributed by atoms with E-state index in [1.807, 2.05) is 6.20 Å². The fraction of sp³-hybridized carbons (Fsp3) is 0.621. The van der Waals surface area contributed by atoms with Crippen LogP contribution in [0.25, 0.3) is 0 Å². The molecule has 4 atom stereocenters. The monoisotopic (exact) mass is 457 g/mol. The fourth-order valence-electron chi connectivity index (χ4n) is 7.84. The van der Waals surface area contributed by atoms with Crippen molar-refractivity contribution in [3.63, 3.8) is 0 Å². The van der Waals surface area contributed by atoms with Gasteiger partial charge in [-0.25, -0.2) is 0 Å². The summed E-state index contributed by atoms with van der Waals surface area (Å²) in [5.74, 6) is 0.783. The number of hydrogen-bond acceptors (Lipinski definition) is 5. The average molecular weight is 458 g/mol. The summed E-state index contributed by atoms with van der Waals surface area (Å²) in [4.78, 5) is 13.1. The van der Waals surface area contributed by atoms with Gasteiger partial charge in [-0.1, -0.05) is 18.2 Å². The zero-order chi connectivity index (χ0) is 22.5. The Morgan fingerprint density at radius 1 is 0.941 bits per heavy atom. The van der Waals surface area contributed by atoms with Crippen molar-refractivity contribution in [3.8, 4) is 0 Å². The van der Waals surface area contributed by atoms with E-state index >= 15 is 0 Å². The number of piperazine rings is 1. The largest absolute Gasteiger partial charge is 0.368 e. The van der Waals surface area contributed by atoms with E-state index in [2.05, 4.69) is 50.3 Å². The van der Waals surface area contributed by atoms with E-state index in [-0.39, 0.29) is 0 Å². The topological polar surface area (TPSA) is 34.6 Å². The molecular weight excluding hydrogens is 418 g/mol. The van der Waals surface area contributed by atoms with Crippen LogP contribution in [0.4, 0.5) is 5.69 Å². The maximum Gasteiger partial charge on any atom is 0.0610 e. The molecule has 1 aromatic heterocycles. The predicted octanol–water partition coefficient (Wildman–Crippen LogP) is 3.78. The van der Waals surface area contributed by atoms with Gasteiger partial charge in [-0.05, 0) is 92.8 Å². The Morgan fingerprint density at radius 2 is 1.88 bits per heavy atom. The smallest absolute Gasteiger partial charge is 0.0610 e. The van der Waals surface area contributed by atoms with Crippen LogP contribution in [0.5, 0.6) is 0 Å². The molecule has 5 aliphatic rings. The van der Waals surface area contributed by atoms with Crippen LogP contribution >= 0.6 is 0 Å². The molecule has 4 aliphatic heterocycles. The third-order valence-electron chi connectivity index (χ3n) is 9.51. The Kier molecular flexibility index (Phi) is 5.60. The van der Waals surface area contributed by atoms with Crippen molar-refractivity contribution in [2.45, 2.75) is 69.6 Å². The Bertz CT molecular complexity index is 1040. The van der Waals surface area contributed by atoms with Gasteiger partial charge in [0.05, 0.1) is 11.7 Å². The first-order valence-corrected chi connectivity index (χ1v) is 13.8. The second-order valence-corrected chi connectivity index (χ2v) is 11.4. The summed E-state index contributed by atoms with van der Waals surface area (Å²) >= 11 is 0. The fourth-order valence-corrected chi connectivity index (χ4v) is 7.84. The average Bonchev–Trinajstić information content (AvgIpc) is 3.36. The first-order chi connectivity index (χ1) is 16.8. The molecule has 5 nitrogen and oxygen atoms in total. The number of aromatic nitrogens is 1. The Labute approximate surface area is 204 Å². The maximum absolute atomic E-state index is 4.91. The molecular formula is C29H39N5. The van der Waals surface area contributed by atoms with Crippen LogP contribution < -0.4 is 10.2 Å². The molecule has 1 aliphatic carbocycles. The molecule has 0 saturated carbocycles. The molecule has 5 heterocycles. The van der Waals surface area contributed by atoms with Crippen molar-refractivity contribution in [3.05, 3.63) is 58.9 Å². The number of aryl methyl sites for hydroxylation is 1. The van der Waals surface area contributed by atoms with Crippen molar-refractivity contribution in [2.24, 2.45) is 5.92 Å². The molecule has 3 saturated heterocycles. The first-order valence-electron chi connectivity index (χ1n) is 13.8. The first kappa shape index (κ1) is 21.3. The third kappa shape index (κ3) is 3.77. The zero-order valence-corrected chi connectivity index (χ0v) is 20.5. The minimum absolute atomic E-state index is 0.521. The van der Waals surface area contributed by atoms with Crippen molar-refractivity contribution in [2.75, 3.05) is 44.2 Å². The van der Waals surface area contributed by atoms with Crippen molar-refractivity contribution in [1.29, 1.82) is 0 Å². The number of likely N-dealkylation sites (tertiary alicyclic amines) is 1. The number of hydrogen-bond donors (Lipinski definition) is 1. The lowest BCUT2D eigenvalue weighted by Gasteiger charge is -2.46. The molecule has 180 valence electrons. The van der Waals surface area contributed by atoms with Gasteiger partial charge in [0.15, 0.2) is 0 Å². The van der Waals surface area contributed by atoms with Crippen molar-refractivity contribution in [1.82, 2.24) is 20.1 Å². The zero-order valence-electron chi connectivity index (χ0n) is 20.5. The molecule has 0 unspecified atom stereocenters. The summed E-state index contributed by atoms with van der Waals surface area (Å²) < 4.78 is 0. The predicted molar refractivity (Wildman–Crippen MR) is 137 cm³/mol. The van der Waals surface area contributed by atoms with E-state index in [1.165, 1.54) is 93.8 Å². The summed E-state index contributed by atoms with van der Waals surface area (Å²) in [6, 6.07) is 13.3. The van der Waals surface area contributed by atoms with Gasteiger partial charge >= 0.3 is 0 Å². The lowest BCUT2D eigenvalue weighted by atomic mass is 9.76. The molecule has 2 aromatic rings. The summed E-state index contributed by atoms with van der Waals surface area (Å²) in [5.41, 5.74) is 7.53. The van der Waals surface area contributed by atoms with E-state index in [1.54, 1.807) is 5.56 Å². The molecule has 5 heteroatoms. The van der Waals surface area contributed by atoms with Crippen LogP contribution in [-0.4, -0.2) is 66.1 Å². The summed E-state index contributed by atoms with van der Waals surface area (Å²) in [6.45, 7) is 8.31. The van der Waals surface area contributed by atoms with E-state index < -0.39 is 0 Å². The minimum atomic E-state index is 0.521. The van der Waals surface area contributed by atoms with Crippen LogP contribution in [-0.2, 0) is 19.4 Å². The van der Waals surface area contributed by atoms with Crippen LogP contribution in [0.2, 0.25) is 0 Å². The number of rotatable bonds is 3. The molecule has 0 bridgehead atoms. The second kappa shape index (κ2) is 8.92. The van der Waals surface area contributed by atoms with E-state index in [0.29, 0.717) is 12.1 Å². The number of anilines is 1. The van der Waals surface area contributed by atoms with Gasteiger partial charge in [-0.15, -0.1) is 0 Å². The maximum atomic E-state index is 4.91. The lowest BCUT2D eigenvalue weighted by Crippen LogP contribution is -2.52. The highest BCUT2D eigenvalue weighted by Gasteiger charge is 2.39. The normalized spacial score (nSPS) is 31.5. The van der Waals surface area contributed by atoms with Gasteiger partial charge in [0.2, 0.25) is 0 Å². The van der Waals surface area contributed by atoms with Crippen LogP contribution in [0.3, 0.4) is 0 Å². The highest BCUT2D eigenvalue weighted by atomic mass is 15.3. The molecule has 0 amide bonds. The molecule has 1 aromatic carbocycles. The number of piperidine rings is 1. The number of fused-ring (bicyclic) bond motifs is 5. The number of pyridine rings is 1. The van der Waals surface area contributed by atoms with E-state index in [4.69, 9.17) is 4.98 Å². The number of benzene rings is 1. The molecule has 34 heavy (non-hydrogen) atoms. The Morgan fingerprint density at radius 3 is 2.88 bits per heavy atom. The highest BCUT2D eigenvalue weighted by Crippen LogP contribution is 2.43. The molecule has 7 rings (SSSR count). The van der Waals surface area contributed by atoms with Gasteiger partial charge in [0.25, 0.3) is 0 Å². The molecule has 0 spiro atoms. The van der Waals surface area contributed by atoms with E-state index in [0.717, 1.165) is 31.5 Å². The van der Waals surface area contributed by atoms with Gasteiger partial charge in [-0.3, -0.25) is 14.8 Å². The van der Waals surface area contributed by atoms with Gasteiger partial charge in [-0.2, -0.15) is 0 Å². The minimum Gasteiger partial charge on any atom is -0.368 e. The summed E-state index contributed by atoms with van der Waals surface area (Å²) in [7, 11) is 0. The van der Waals surface area contributed by atoms with Crippen molar-refractivity contribution < 1.29 is 0 Å². The quantitative estimate of drug-likeness (QED) is 0.759. The van der Waals surface area contributed by atoms with E-state index in [9.17, 15) is 0 Å². The Hall–Kier alpha value is -1.95. The van der Waals surface area contributed by atoms with Crippen LogP contribution in [0.1, 0.15) is 60.5 Å². The van der Waals surface area contributed by atoms with Gasteiger partial charge in [0, 0.05) is 56.7 Å². The van der Waals surface area contributed by atoms with Gasteiger partial charge in [0.1, 0.15) is 0 Å². The molecule has 1 N–H and O–H groups in total. The summed E-state index contributed by atoms with van der Waals surface area (Å²) in [6.07, 6.45) is 11.2.